The monoisotopic (exact) mass is 372 g/mol. The quantitative estimate of drug-likeness (QED) is 0.577. The molecule has 0 spiro atoms. The molecule has 124 valence electrons. The van der Waals surface area contributed by atoms with Crippen molar-refractivity contribution in [1.82, 2.24) is 0 Å². The van der Waals surface area contributed by atoms with E-state index in [0.29, 0.717) is 23.0 Å². The van der Waals surface area contributed by atoms with Crippen molar-refractivity contribution in [2.75, 3.05) is 28.4 Å². The Labute approximate surface area is 146 Å². The molecule has 0 N–H and O–H groups in total. The van der Waals surface area contributed by atoms with Crippen LogP contribution in [0.25, 0.3) is 0 Å². The Hall–Kier alpha value is -1.56. The molecule has 0 aliphatic heterocycles. The van der Waals surface area contributed by atoms with Gasteiger partial charge < -0.3 is 18.9 Å². The van der Waals surface area contributed by atoms with Crippen molar-refractivity contribution < 1.29 is 18.9 Å². The van der Waals surface area contributed by atoms with E-state index in [-0.39, 0.29) is 0 Å². The largest absolute Gasteiger partial charge is 0.497 e. The van der Waals surface area contributed by atoms with E-state index in [1.54, 1.807) is 40.6 Å². The minimum absolute atomic E-state index is 0.632. The van der Waals surface area contributed by atoms with Crippen LogP contribution in [-0.4, -0.2) is 35.1 Å². The van der Waals surface area contributed by atoms with Gasteiger partial charge >= 0.3 is 6.69 Å². The molecule has 0 atom stereocenters. The molecular formula is C16H18Cl2O4Si. The van der Waals surface area contributed by atoms with Crippen molar-refractivity contribution in [3.8, 4) is 23.0 Å². The number of rotatable bonds is 6. The molecule has 0 saturated carbocycles. The highest BCUT2D eigenvalue weighted by Crippen LogP contribution is 2.26. The third-order valence-electron chi connectivity index (χ3n) is 3.43. The first-order valence-electron chi connectivity index (χ1n) is 6.79. The molecule has 23 heavy (non-hydrogen) atoms. The number of benzene rings is 2. The van der Waals surface area contributed by atoms with E-state index in [1.165, 1.54) is 0 Å². The molecule has 0 fully saturated rings. The van der Waals surface area contributed by atoms with Gasteiger partial charge in [-0.3, -0.25) is 0 Å². The second-order valence-corrected chi connectivity index (χ2v) is 11.1. The van der Waals surface area contributed by atoms with Crippen LogP contribution >= 0.6 is 22.2 Å². The van der Waals surface area contributed by atoms with Crippen molar-refractivity contribution in [3.63, 3.8) is 0 Å². The van der Waals surface area contributed by atoms with E-state index < -0.39 is 6.69 Å². The fourth-order valence-electron chi connectivity index (χ4n) is 2.14. The van der Waals surface area contributed by atoms with Crippen molar-refractivity contribution in [2.24, 2.45) is 0 Å². The lowest BCUT2D eigenvalue weighted by Crippen LogP contribution is -2.48. The highest BCUT2D eigenvalue weighted by molar-refractivity contribution is 7.56. The lowest BCUT2D eigenvalue weighted by molar-refractivity contribution is 0.395. The van der Waals surface area contributed by atoms with Gasteiger partial charge in [0, 0.05) is 12.1 Å². The first-order valence-corrected chi connectivity index (χ1v) is 10.8. The summed E-state index contributed by atoms with van der Waals surface area (Å²) in [5, 5.41) is 1.51. The number of methoxy groups -OCH3 is 4. The van der Waals surface area contributed by atoms with E-state index in [1.807, 2.05) is 24.3 Å². The normalized spacial score (nSPS) is 11.0. The molecule has 0 amide bonds. The van der Waals surface area contributed by atoms with Crippen molar-refractivity contribution in [3.05, 3.63) is 36.4 Å². The van der Waals surface area contributed by atoms with Crippen LogP contribution < -0.4 is 29.3 Å². The van der Waals surface area contributed by atoms with Gasteiger partial charge in [0.05, 0.1) is 28.4 Å². The summed E-state index contributed by atoms with van der Waals surface area (Å²) in [5.74, 6) is 2.53. The average Bonchev–Trinajstić information content (AvgIpc) is 2.60. The third kappa shape index (κ3) is 3.86. The van der Waals surface area contributed by atoms with Crippen LogP contribution in [0.1, 0.15) is 0 Å². The van der Waals surface area contributed by atoms with Crippen LogP contribution in [0.5, 0.6) is 23.0 Å². The first kappa shape index (κ1) is 17.8. The summed E-state index contributed by atoms with van der Waals surface area (Å²) in [6, 6.07) is 10.8. The zero-order valence-corrected chi connectivity index (χ0v) is 15.9. The predicted molar refractivity (Wildman–Crippen MR) is 95.8 cm³/mol. The maximum atomic E-state index is 6.78. The predicted octanol–water partition coefficient (Wildman–Crippen LogP) is 2.76. The Morgan fingerprint density at radius 1 is 0.565 bits per heavy atom. The fraction of sp³-hybridized carbons (Fsp3) is 0.250. The van der Waals surface area contributed by atoms with Crippen LogP contribution in [0, 0.1) is 0 Å². The van der Waals surface area contributed by atoms with Crippen molar-refractivity contribution in [2.45, 2.75) is 0 Å². The van der Waals surface area contributed by atoms with Gasteiger partial charge in [0.25, 0.3) is 0 Å². The molecule has 0 unspecified atom stereocenters. The number of halogens is 2. The molecule has 2 aromatic rings. The molecule has 2 aromatic carbocycles. The summed E-state index contributed by atoms with van der Waals surface area (Å²) in [6.45, 7) is -3.02. The van der Waals surface area contributed by atoms with Gasteiger partial charge in [-0.1, -0.05) is 0 Å². The Balaban J connectivity index is 2.57. The molecule has 0 saturated heterocycles. The standard InChI is InChI=1S/C16H18Cl2O4Si/c1-19-11-5-12(20-2)8-15(7-11)23(17,18)16-9-13(21-3)6-14(10-16)22-4/h5-10H,1-4H3. The van der Waals surface area contributed by atoms with Crippen molar-refractivity contribution >= 4 is 39.2 Å². The SMILES string of the molecule is COc1cc(OC)cc([Si](Cl)(Cl)c2cc(OC)cc(OC)c2)c1. The second-order valence-electron chi connectivity index (χ2n) is 4.78. The number of ether oxygens (including phenoxy) is 4. The fourth-order valence-corrected chi connectivity index (χ4v) is 5.08. The Morgan fingerprint density at radius 3 is 1.04 bits per heavy atom. The lowest BCUT2D eigenvalue weighted by atomic mass is 10.3. The minimum Gasteiger partial charge on any atom is -0.497 e. The summed E-state index contributed by atoms with van der Waals surface area (Å²) >= 11 is 13.6. The van der Waals surface area contributed by atoms with Gasteiger partial charge in [-0.05, 0) is 34.6 Å². The molecule has 0 aliphatic carbocycles. The van der Waals surface area contributed by atoms with Gasteiger partial charge in [0.2, 0.25) is 0 Å². The Kier molecular flexibility index (Phi) is 5.67. The molecular weight excluding hydrogens is 355 g/mol. The zero-order chi connectivity index (χ0) is 17.0. The molecule has 0 aliphatic rings. The molecule has 0 aromatic heterocycles. The van der Waals surface area contributed by atoms with Gasteiger partial charge in [0.15, 0.2) is 0 Å². The maximum Gasteiger partial charge on any atom is 0.311 e. The average molecular weight is 373 g/mol. The van der Waals surface area contributed by atoms with Crippen LogP contribution in [0.4, 0.5) is 0 Å². The van der Waals surface area contributed by atoms with E-state index in [4.69, 9.17) is 41.1 Å². The summed E-state index contributed by atoms with van der Waals surface area (Å²) in [5.41, 5.74) is 0. The van der Waals surface area contributed by atoms with Gasteiger partial charge in [0.1, 0.15) is 23.0 Å². The van der Waals surface area contributed by atoms with Gasteiger partial charge in [-0.15, -0.1) is 22.2 Å². The van der Waals surface area contributed by atoms with E-state index >= 15 is 0 Å². The highest BCUT2D eigenvalue weighted by atomic mass is 35.7. The number of hydrogen-bond donors (Lipinski definition) is 0. The van der Waals surface area contributed by atoms with Crippen LogP contribution in [0.2, 0.25) is 0 Å². The minimum atomic E-state index is -3.02. The summed E-state index contributed by atoms with van der Waals surface area (Å²) in [7, 11) is 6.33. The van der Waals surface area contributed by atoms with E-state index in [2.05, 4.69) is 0 Å². The lowest BCUT2D eigenvalue weighted by Gasteiger charge is -2.20. The second kappa shape index (κ2) is 7.34. The molecule has 0 radical (unpaired) electrons. The smallest absolute Gasteiger partial charge is 0.311 e. The topological polar surface area (TPSA) is 36.9 Å². The highest BCUT2D eigenvalue weighted by Gasteiger charge is 2.35. The molecule has 7 heteroatoms. The Morgan fingerprint density at radius 2 is 0.826 bits per heavy atom. The van der Waals surface area contributed by atoms with Crippen LogP contribution in [0.15, 0.2) is 36.4 Å². The van der Waals surface area contributed by atoms with E-state index in [9.17, 15) is 0 Å². The van der Waals surface area contributed by atoms with Crippen molar-refractivity contribution in [1.29, 1.82) is 0 Å². The molecule has 2 rings (SSSR count). The maximum absolute atomic E-state index is 6.78. The Bertz CT molecular complexity index is 590. The zero-order valence-electron chi connectivity index (χ0n) is 13.4. The summed E-state index contributed by atoms with van der Waals surface area (Å²) < 4.78 is 21.2. The third-order valence-corrected chi connectivity index (χ3v) is 8.07. The molecule has 4 nitrogen and oxygen atoms in total. The number of hydrogen-bond acceptors (Lipinski definition) is 4. The van der Waals surface area contributed by atoms with Gasteiger partial charge in [-0.25, -0.2) is 0 Å². The molecule has 0 heterocycles. The van der Waals surface area contributed by atoms with Crippen LogP contribution in [0.3, 0.4) is 0 Å². The first-order chi connectivity index (χ1) is 10.9. The summed E-state index contributed by atoms with van der Waals surface area (Å²) in [4.78, 5) is 0. The molecule has 0 bridgehead atoms. The van der Waals surface area contributed by atoms with Crippen LogP contribution in [-0.2, 0) is 0 Å². The van der Waals surface area contributed by atoms with Gasteiger partial charge in [-0.2, -0.15) is 0 Å². The summed E-state index contributed by atoms with van der Waals surface area (Å²) in [6.07, 6.45) is 0. The van der Waals surface area contributed by atoms with E-state index in [0.717, 1.165) is 10.4 Å².